The molecule has 0 bridgehead atoms. The minimum atomic E-state index is -0.797. The summed E-state index contributed by atoms with van der Waals surface area (Å²) in [4.78, 5) is 16.7. The van der Waals surface area contributed by atoms with Gasteiger partial charge in [-0.05, 0) is 29.8 Å². The first-order valence-corrected chi connectivity index (χ1v) is 7.36. The molecular formula is C19H14F2N2O. The highest BCUT2D eigenvalue weighted by Gasteiger charge is 2.19. The number of nitrogens with one attached hydrogen (secondary N) is 1. The molecule has 3 rings (SSSR count). The van der Waals surface area contributed by atoms with Gasteiger partial charge in [0.05, 0.1) is 11.7 Å². The van der Waals surface area contributed by atoms with Crippen LogP contribution in [0.25, 0.3) is 0 Å². The first-order valence-electron chi connectivity index (χ1n) is 7.36. The van der Waals surface area contributed by atoms with E-state index in [2.05, 4.69) is 10.3 Å². The van der Waals surface area contributed by atoms with Crippen LogP contribution in [0.5, 0.6) is 0 Å². The largest absolute Gasteiger partial charge is 0.340 e. The zero-order valence-corrected chi connectivity index (χ0v) is 12.6. The molecule has 1 N–H and O–H groups in total. The van der Waals surface area contributed by atoms with Gasteiger partial charge in [0.1, 0.15) is 11.6 Å². The van der Waals surface area contributed by atoms with E-state index in [0.29, 0.717) is 5.69 Å². The molecule has 2 aromatic carbocycles. The average Bonchev–Trinajstić information content (AvgIpc) is 2.60. The van der Waals surface area contributed by atoms with Crippen LogP contribution in [0.15, 0.2) is 72.9 Å². The van der Waals surface area contributed by atoms with Crippen molar-refractivity contribution in [2.75, 3.05) is 0 Å². The molecular weight excluding hydrogens is 310 g/mol. The van der Waals surface area contributed by atoms with Crippen LogP contribution in [0.3, 0.4) is 0 Å². The summed E-state index contributed by atoms with van der Waals surface area (Å²) in [6.07, 6.45) is 1.62. The highest BCUT2D eigenvalue weighted by atomic mass is 19.1. The van der Waals surface area contributed by atoms with E-state index >= 15 is 0 Å². The fourth-order valence-electron chi connectivity index (χ4n) is 2.42. The molecule has 0 aliphatic heterocycles. The third kappa shape index (κ3) is 3.63. The van der Waals surface area contributed by atoms with Crippen LogP contribution in [-0.2, 0) is 0 Å². The average molecular weight is 324 g/mol. The molecule has 3 nitrogen and oxygen atoms in total. The van der Waals surface area contributed by atoms with Gasteiger partial charge in [-0.3, -0.25) is 9.78 Å². The summed E-state index contributed by atoms with van der Waals surface area (Å²) < 4.78 is 26.7. The zero-order chi connectivity index (χ0) is 16.9. The molecule has 0 saturated heterocycles. The molecule has 0 saturated carbocycles. The minimum Gasteiger partial charge on any atom is -0.340 e. The Balaban J connectivity index is 1.93. The smallest absolute Gasteiger partial charge is 0.252 e. The van der Waals surface area contributed by atoms with Crippen LogP contribution in [0, 0.1) is 11.6 Å². The number of carbonyl (C=O) groups is 1. The molecule has 0 spiro atoms. The molecule has 1 amide bonds. The maximum Gasteiger partial charge on any atom is 0.252 e. The molecule has 5 heteroatoms. The van der Waals surface area contributed by atoms with Crippen molar-refractivity contribution in [3.05, 3.63) is 101 Å². The van der Waals surface area contributed by atoms with E-state index in [4.69, 9.17) is 0 Å². The second-order valence-electron chi connectivity index (χ2n) is 5.23. The lowest BCUT2D eigenvalue weighted by atomic mass is 10.0. The third-order valence-corrected chi connectivity index (χ3v) is 3.52. The summed E-state index contributed by atoms with van der Waals surface area (Å²) >= 11 is 0. The zero-order valence-electron chi connectivity index (χ0n) is 12.6. The Bertz CT molecular complexity index is 779. The van der Waals surface area contributed by atoms with Crippen LogP contribution in [-0.4, -0.2) is 10.9 Å². The Morgan fingerprint density at radius 3 is 2.21 bits per heavy atom. The van der Waals surface area contributed by atoms with Gasteiger partial charge in [0, 0.05) is 17.8 Å². The van der Waals surface area contributed by atoms with Crippen molar-refractivity contribution in [1.82, 2.24) is 10.3 Å². The Hall–Kier alpha value is -3.08. The third-order valence-electron chi connectivity index (χ3n) is 3.52. The van der Waals surface area contributed by atoms with Gasteiger partial charge < -0.3 is 5.32 Å². The lowest BCUT2D eigenvalue weighted by molar-refractivity contribution is 0.0941. The molecule has 0 radical (unpaired) electrons. The summed E-state index contributed by atoms with van der Waals surface area (Å²) in [6.45, 7) is 0. The number of pyridine rings is 1. The van der Waals surface area contributed by atoms with Gasteiger partial charge in [-0.25, -0.2) is 8.78 Å². The lowest BCUT2D eigenvalue weighted by Gasteiger charge is -2.19. The van der Waals surface area contributed by atoms with Crippen LogP contribution in [0.4, 0.5) is 8.78 Å². The molecule has 24 heavy (non-hydrogen) atoms. The summed E-state index contributed by atoms with van der Waals surface area (Å²) in [5.41, 5.74) is 1.37. The number of hydrogen-bond acceptors (Lipinski definition) is 2. The van der Waals surface area contributed by atoms with Crippen molar-refractivity contribution < 1.29 is 13.6 Å². The van der Waals surface area contributed by atoms with Gasteiger partial charge in [-0.1, -0.05) is 36.4 Å². The van der Waals surface area contributed by atoms with Gasteiger partial charge in [-0.15, -0.1) is 0 Å². The number of rotatable bonds is 4. The normalized spacial score (nSPS) is 11.8. The van der Waals surface area contributed by atoms with Crippen molar-refractivity contribution in [3.8, 4) is 0 Å². The monoisotopic (exact) mass is 324 g/mol. The SMILES string of the molecule is O=C(NC(c1ccccc1)c1ccccn1)c1cc(F)cc(F)c1. The van der Waals surface area contributed by atoms with Crippen molar-refractivity contribution in [2.24, 2.45) is 0 Å². The first-order chi connectivity index (χ1) is 11.6. The lowest BCUT2D eigenvalue weighted by Crippen LogP contribution is -2.30. The highest BCUT2D eigenvalue weighted by molar-refractivity contribution is 5.94. The van der Waals surface area contributed by atoms with Gasteiger partial charge in [0.25, 0.3) is 5.91 Å². The van der Waals surface area contributed by atoms with Crippen molar-refractivity contribution in [2.45, 2.75) is 6.04 Å². The van der Waals surface area contributed by atoms with E-state index in [1.54, 1.807) is 18.3 Å². The van der Waals surface area contributed by atoms with E-state index in [-0.39, 0.29) is 5.56 Å². The number of amides is 1. The van der Waals surface area contributed by atoms with Crippen molar-refractivity contribution in [3.63, 3.8) is 0 Å². The Morgan fingerprint density at radius 1 is 0.917 bits per heavy atom. The highest BCUT2D eigenvalue weighted by Crippen LogP contribution is 2.21. The predicted molar refractivity (Wildman–Crippen MR) is 86.3 cm³/mol. The second kappa shape index (κ2) is 7.00. The number of benzene rings is 2. The maximum atomic E-state index is 13.3. The molecule has 3 aromatic rings. The number of aromatic nitrogens is 1. The molecule has 1 unspecified atom stereocenters. The Kier molecular flexibility index (Phi) is 4.61. The van der Waals surface area contributed by atoms with Crippen LogP contribution in [0.1, 0.15) is 27.7 Å². The summed E-state index contributed by atoms with van der Waals surface area (Å²) in [5, 5.41) is 2.79. The van der Waals surface area contributed by atoms with E-state index in [1.165, 1.54) is 0 Å². The predicted octanol–water partition coefficient (Wildman–Crippen LogP) is 3.88. The number of nitrogens with zero attached hydrogens (tertiary/aromatic N) is 1. The fourth-order valence-corrected chi connectivity index (χ4v) is 2.42. The molecule has 1 atom stereocenters. The van der Waals surface area contributed by atoms with Crippen molar-refractivity contribution in [1.29, 1.82) is 0 Å². The maximum absolute atomic E-state index is 13.3. The number of hydrogen-bond donors (Lipinski definition) is 1. The topological polar surface area (TPSA) is 42.0 Å². The minimum absolute atomic E-state index is 0.0793. The summed E-state index contributed by atoms with van der Waals surface area (Å²) in [7, 11) is 0. The first kappa shape index (κ1) is 15.8. The second-order valence-corrected chi connectivity index (χ2v) is 5.23. The van der Waals surface area contributed by atoms with E-state index in [9.17, 15) is 13.6 Å². The number of halogens is 2. The van der Waals surface area contributed by atoms with Gasteiger partial charge in [0.15, 0.2) is 0 Å². The fraction of sp³-hybridized carbons (Fsp3) is 0.0526. The standard InChI is InChI=1S/C19H14F2N2O/c20-15-10-14(11-16(21)12-15)19(24)23-18(13-6-2-1-3-7-13)17-8-4-5-9-22-17/h1-12,18H,(H,23,24). The molecule has 0 fully saturated rings. The molecule has 0 aliphatic carbocycles. The number of carbonyl (C=O) groups excluding carboxylic acids is 1. The Labute approximate surface area is 138 Å². The summed E-state index contributed by atoms with van der Waals surface area (Å²) in [5.74, 6) is -2.17. The van der Waals surface area contributed by atoms with Gasteiger partial charge in [0.2, 0.25) is 0 Å². The molecule has 1 aromatic heterocycles. The van der Waals surface area contributed by atoms with Gasteiger partial charge in [-0.2, -0.15) is 0 Å². The molecule has 0 aliphatic rings. The Morgan fingerprint density at radius 2 is 1.58 bits per heavy atom. The van der Waals surface area contributed by atoms with Crippen molar-refractivity contribution >= 4 is 5.91 Å². The van der Waals surface area contributed by atoms with E-state index in [1.807, 2.05) is 36.4 Å². The van der Waals surface area contributed by atoms with Gasteiger partial charge >= 0.3 is 0 Å². The van der Waals surface area contributed by atoms with Crippen LogP contribution in [0.2, 0.25) is 0 Å². The quantitative estimate of drug-likeness (QED) is 0.791. The molecule has 120 valence electrons. The molecule has 1 heterocycles. The van der Waals surface area contributed by atoms with Crippen LogP contribution >= 0.6 is 0 Å². The van der Waals surface area contributed by atoms with Crippen LogP contribution < -0.4 is 5.32 Å². The van der Waals surface area contributed by atoms with E-state index < -0.39 is 23.6 Å². The van der Waals surface area contributed by atoms with E-state index in [0.717, 1.165) is 23.8 Å². The summed E-state index contributed by atoms with van der Waals surface area (Å²) in [6, 6.07) is 16.8.